The fourth-order valence-electron chi connectivity index (χ4n) is 4.40. The smallest absolute Gasteiger partial charge is 0.228 e. The van der Waals surface area contributed by atoms with Crippen LogP contribution in [0.2, 0.25) is 0 Å². The first kappa shape index (κ1) is 19.6. The largest absolute Gasteiger partial charge is 0.342 e. The summed E-state index contributed by atoms with van der Waals surface area (Å²) in [5, 5.41) is 0. The maximum atomic E-state index is 13.1. The van der Waals surface area contributed by atoms with Gasteiger partial charge in [0.2, 0.25) is 11.8 Å². The Morgan fingerprint density at radius 1 is 1.11 bits per heavy atom. The van der Waals surface area contributed by atoms with E-state index >= 15 is 0 Å². The van der Waals surface area contributed by atoms with Crippen LogP contribution >= 0.6 is 0 Å². The zero-order valence-electron chi connectivity index (χ0n) is 16.7. The van der Waals surface area contributed by atoms with Gasteiger partial charge in [-0.05, 0) is 49.8 Å². The maximum absolute atomic E-state index is 13.1. The van der Waals surface area contributed by atoms with E-state index < -0.39 is 0 Å². The van der Waals surface area contributed by atoms with Gasteiger partial charge in [0, 0.05) is 37.7 Å². The van der Waals surface area contributed by atoms with Gasteiger partial charge < -0.3 is 9.80 Å². The number of carbonyl (C=O) groups excluding carboxylic acids is 3. The number of amides is 2. The van der Waals surface area contributed by atoms with Crippen molar-refractivity contribution in [2.24, 2.45) is 5.92 Å². The van der Waals surface area contributed by atoms with E-state index in [0.29, 0.717) is 26.1 Å². The van der Waals surface area contributed by atoms with E-state index in [1.165, 1.54) is 11.1 Å². The van der Waals surface area contributed by atoms with Crippen molar-refractivity contribution in [2.75, 3.05) is 19.6 Å². The first-order valence-corrected chi connectivity index (χ1v) is 10.2. The topological polar surface area (TPSA) is 57.7 Å². The lowest BCUT2D eigenvalue weighted by Gasteiger charge is -2.27. The van der Waals surface area contributed by atoms with Crippen molar-refractivity contribution in [3.63, 3.8) is 0 Å². The van der Waals surface area contributed by atoms with Gasteiger partial charge in [0.05, 0.1) is 5.92 Å². The molecule has 1 unspecified atom stereocenters. The van der Waals surface area contributed by atoms with E-state index in [9.17, 15) is 14.4 Å². The highest BCUT2D eigenvalue weighted by Gasteiger charge is 2.38. The summed E-state index contributed by atoms with van der Waals surface area (Å²) in [6, 6.07) is 6.11. The molecule has 1 atom stereocenters. The molecule has 1 fully saturated rings. The van der Waals surface area contributed by atoms with Crippen LogP contribution < -0.4 is 0 Å². The molecule has 2 heterocycles. The van der Waals surface area contributed by atoms with Crippen LogP contribution in [0.25, 0.3) is 0 Å². The van der Waals surface area contributed by atoms with E-state index in [4.69, 9.17) is 0 Å². The number of Topliss-reactive ketones (excluding diaryl/α,β-unsaturated/α-hetero) is 1. The molecule has 0 aromatic heterocycles. The summed E-state index contributed by atoms with van der Waals surface area (Å²) in [5.41, 5.74) is 3.12. The number of hydrogen-bond acceptors (Lipinski definition) is 3. The molecule has 3 rings (SSSR count). The third-order valence-corrected chi connectivity index (χ3v) is 6.12. The summed E-state index contributed by atoms with van der Waals surface area (Å²) in [6.45, 7) is 7.67. The molecular weight excluding hydrogens is 340 g/mol. The minimum Gasteiger partial charge on any atom is -0.342 e. The quantitative estimate of drug-likeness (QED) is 0.749. The standard InChI is InChI=1S/C22H30N2O3/c1-4-20(5-2)24-14-19(13-21(24)26)22(27)23-10-8-16-6-7-17(15(3)25)12-18(16)9-11-23/h6-7,12,19-20H,4-5,8-11,13-14H2,1-3H3. The second kappa shape index (κ2) is 8.24. The molecule has 2 aliphatic heterocycles. The number of rotatable bonds is 5. The van der Waals surface area contributed by atoms with Gasteiger partial charge in [-0.15, -0.1) is 0 Å². The molecule has 0 radical (unpaired) electrons. The molecule has 1 aromatic carbocycles. The number of carbonyl (C=O) groups is 3. The molecular formula is C22H30N2O3. The SMILES string of the molecule is CCC(CC)N1CC(C(=O)N2CCc3ccc(C(C)=O)cc3CC2)CC1=O. The highest BCUT2D eigenvalue weighted by atomic mass is 16.2. The third-order valence-electron chi connectivity index (χ3n) is 6.12. The van der Waals surface area contributed by atoms with Crippen molar-refractivity contribution in [1.29, 1.82) is 0 Å². The lowest BCUT2D eigenvalue weighted by molar-refractivity contribution is -0.135. The van der Waals surface area contributed by atoms with E-state index in [0.717, 1.165) is 31.2 Å². The minimum absolute atomic E-state index is 0.0703. The monoisotopic (exact) mass is 370 g/mol. The normalized spacial score (nSPS) is 20.0. The molecule has 5 heteroatoms. The Hall–Kier alpha value is -2.17. The van der Waals surface area contributed by atoms with Gasteiger partial charge in [-0.25, -0.2) is 0 Å². The highest BCUT2D eigenvalue weighted by Crippen LogP contribution is 2.26. The van der Waals surface area contributed by atoms with Crippen LogP contribution in [0.15, 0.2) is 18.2 Å². The van der Waals surface area contributed by atoms with Gasteiger partial charge in [0.15, 0.2) is 5.78 Å². The Morgan fingerprint density at radius 3 is 2.41 bits per heavy atom. The van der Waals surface area contributed by atoms with E-state index in [1.54, 1.807) is 6.92 Å². The van der Waals surface area contributed by atoms with Gasteiger partial charge in [-0.2, -0.15) is 0 Å². The molecule has 2 aliphatic rings. The summed E-state index contributed by atoms with van der Waals surface area (Å²) in [6.07, 6.45) is 3.77. The first-order chi connectivity index (χ1) is 12.9. The predicted molar refractivity (Wildman–Crippen MR) is 105 cm³/mol. The van der Waals surface area contributed by atoms with Gasteiger partial charge in [-0.1, -0.05) is 26.0 Å². The lowest BCUT2D eigenvalue weighted by atomic mass is 9.99. The summed E-state index contributed by atoms with van der Waals surface area (Å²) in [5.74, 6) is 0.0793. The summed E-state index contributed by atoms with van der Waals surface area (Å²) < 4.78 is 0. The molecule has 0 N–H and O–H groups in total. The molecule has 0 spiro atoms. The summed E-state index contributed by atoms with van der Waals surface area (Å²) >= 11 is 0. The van der Waals surface area contributed by atoms with Crippen molar-refractivity contribution < 1.29 is 14.4 Å². The fraction of sp³-hybridized carbons (Fsp3) is 0.591. The Labute approximate surface area is 161 Å². The second-order valence-electron chi connectivity index (χ2n) is 7.78. The van der Waals surface area contributed by atoms with Crippen LogP contribution in [0.4, 0.5) is 0 Å². The summed E-state index contributed by atoms with van der Waals surface area (Å²) in [4.78, 5) is 40.9. The van der Waals surface area contributed by atoms with Crippen molar-refractivity contribution in [2.45, 2.75) is 58.9 Å². The zero-order valence-corrected chi connectivity index (χ0v) is 16.7. The summed E-state index contributed by atoms with van der Waals surface area (Å²) in [7, 11) is 0. The number of likely N-dealkylation sites (tertiary alicyclic amines) is 1. The molecule has 1 saturated heterocycles. The number of nitrogens with zero attached hydrogens (tertiary/aromatic N) is 2. The van der Waals surface area contributed by atoms with Crippen LogP contribution in [0.5, 0.6) is 0 Å². The molecule has 1 aromatic rings. The molecule has 0 aliphatic carbocycles. The predicted octanol–water partition coefficient (Wildman–Crippen LogP) is 2.85. The van der Waals surface area contributed by atoms with Gasteiger partial charge in [0.25, 0.3) is 0 Å². The van der Waals surface area contributed by atoms with E-state index in [1.807, 2.05) is 28.0 Å². The van der Waals surface area contributed by atoms with E-state index in [-0.39, 0.29) is 29.6 Å². The molecule has 146 valence electrons. The number of benzene rings is 1. The van der Waals surface area contributed by atoms with Crippen LogP contribution in [-0.4, -0.2) is 53.1 Å². The van der Waals surface area contributed by atoms with Crippen molar-refractivity contribution in [3.8, 4) is 0 Å². The Balaban J connectivity index is 1.67. The van der Waals surface area contributed by atoms with Crippen LogP contribution in [0, 0.1) is 5.92 Å². The molecule has 2 amide bonds. The number of fused-ring (bicyclic) bond motifs is 1. The Bertz CT molecular complexity index is 739. The Morgan fingerprint density at radius 2 is 1.78 bits per heavy atom. The van der Waals surface area contributed by atoms with Crippen LogP contribution in [0.1, 0.15) is 61.5 Å². The fourth-order valence-corrected chi connectivity index (χ4v) is 4.40. The molecule has 27 heavy (non-hydrogen) atoms. The van der Waals surface area contributed by atoms with Crippen LogP contribution in [0.3, 0.4) is 0 Å². The molecule has 0 bridgehead atoms. The lowest BCUT2D eigenvalue weighted by Crippen LogP contribution is -2.40. The first-order valence-electron chi connectivity index (χ1n) is 10.2. The highest BCUT2D eigenvalue weighted by molar-refractivity contribution is 5.94. The molecule has 0 saturated carbocycles. The van der Waals surface area contributed by atoms with Crippen molar-refractivity contribution >= 4 is 17.6 Å². The maximum Gasteiger partial charge on any atom is 0.228 e. The van der Waals surface area contributed by atoms with Gasteiger partial charge in [0.1, 0.15) is 0 Å². The second-order valence-corrected chi connectivity index (χ2v) is 7.78. The number of hydrogen-bond donors (Lipinski definition) is 0. The average Bonchev–Trinajstić information content (AvgIpc) is 2.91. The zero-order chi connectivity index (χ0) is 19.6. The van der Waals surface area contributed by atoms with Gasteiger partial charge in [-0.3, -0.25) is 14.4 Å². The average molecular weight is 370 g/mol. The van der Waals surface area contributed by atoms with Crippen molar-refractivity contribution in [3.05, 3.63) is 34.9 Å². The molecule has 5 nitrogen and oxygen atoms in total. The van der Waals surface area contributed by atoms with Gasteiger partial charge >= 0.3 is 0 Å². The minimum atomic E-state index is -0.216. The Kier molecular flexibility index (Phi) is 5.98. The number of ketones is 1. The van der Waals surface area contributed by atoms with Crippen LogP contribution in [-0.2, 0) is 22.4 Å². The van der Waals surface area contributed by atoms with E-state index in [2.05, 4.69) is 13.8 Å². The van der Waals surface area contributed by atoms with Crippen molar-refractivity contribution in [1.82, 2.24) is 9.80 Å². The third kappa shape index (κ3) is 4.07.